The summed E-state index contributed by atoms with van der Waals surface area (Å²) in [6, 6.07) is 8.05. The number of benzene rings is 1. The van der Waals surface area contributed by atoms with Gasteiger partial charge in [-0.1, -0.05) is 26.2 Å². The lowest BCUT2D eigenvalue weighted by atomic mass is 9.79. The van der Waals surface area contributed by atoms with E-state index in [1.165, 1.54) is 19.3 Å². The van der Waals surface area contributed by atoms with Gasteiger partial charge in [-0.25, -0.2) is 0 Å². The van der Waals surface area contributed by atoms with Crippen molar-refractivity contribution < 1.29 is 14.3 Å². The highest BCUT2D eigenvalue weighted by molar-refractivity contribution is 5.95. The monoisotopic (exact) mass is 374 g/mol. The van der Waals surface area contributed by atoms with Gasteiger partial charge in [0, 0.05) is 30.8 Å². The summed E-state index contributed by atoms with van der Waals surface area (Å²) in [6.45, 7) is 5.14. The number of ether oxygens (including phenoxy) is 2. The number of carbonyl (C=O) groups is 1. The standard InChI is InChI=1S/C22H34N2O3/c1-4-23(2)19-16-22(12-6-5-7-13-22)24(17-19)21(25)18-8-10-20(11-9-18)27-15-14-26-3/h8-11,19H,4-7,12-17H2,1-3H3/t19-/m1/s1. The fraction of sp³-hybridized carbons (Fsp3) is 0.682. The Bertz CT molecular complexity index is 610. The summed E-state index contributed by atoms with van der Waals surface area (Å²) in [7, 11) is 3.84. The molecule has 1 amide bonds. The molecule has 1 saturated heterocycles. The molecule has 1 aromatic rings. The van der Waals surface area contributed by atoms with E-state index in [9.17, 15) is 4.79 Å². The first-order valence-electron chi connectivity index (χ1n) is 10.3. The van der Waals surface area contributed by atoms with Crippen molar-refractivity contribution in [1.82, 2.24) is 9.80 Å². The molecule has 0 aromatic heterocycles. The Morgan fingerprint density at radius 2 is 1.89 bits per heavy atom. The van der Waals surface area contributed by atoms with Crippen LogP contribution in [0.4, 0.5) is 0 Å². The minimum absolute atomic E-state index is 0.0526. The highest BCUT2D eigenvalue weighted by Gasteiger charge is 2.48. The van der Waals surface area contributed by atoms with E-state index in [2.05, 4.69) is 23.8 Å². The van der Waals surface area contributed by atoms with Gasteiger partial charge in [0.1, 0.15) is 12.4 Å². The lowest BCUT2D eigenvalue weighted by Gasteiger charge is -2.41. The third-order valence-electron chi connectivity index (χ3n) is 6.39. The van der Waals surface area contributed by atoms with Crippen LogP contribution < -0.4 is 4.74 Å². The Hall–Kier alpha value is -1.59. The number of amides is 1. The average molecular weight is 375 g/mol. The minimum Gasteiger partial charge on any atom is -0.491 e. The van der Waals surface area contributed by atoms with Crippen LogP contribution in [0.1, 0.15) is 55.8 Å². The molecule has 1 aliphatic carbocycles. The van der Waals surface area contributed by atoms with E-state index in [1.54, 1.807) is 7.11 Å². The number of rotatable bonds is 7. The van der Waals surface area contributed by atoms with Crippen molar-refractivity contribution in [1.29, 1.82) is 0 Å². The summed E-state index contributed by atoms with van der Waals surface area (Å²) in [5.74, 6) is 0.952. The van der Waals surface area contributed by atoms with Gasteiger partial charge in [0.2, 0.25) is 0 Å². The molecular formula is C22H34N2O3. The highest BCUT2D eigenvalue weighted by atomic mass is 16.5. The van der Waals surface area contributed by atoms with E-state index >= 15 is 0 Å². The fourth-order valence-corrected chi connectivity index (χ4v) is 4.65. The van der Waals surface area contributed by atoms with Crippen LogP contribution in [0.15, 0.2) is 24.3 Å². The van der Waals surface area contributed by atoms with Gasteiger partial charge in [0.05, 0.1) is 6.61 Å². The van der Waals surface area contributed by atoms with Crippen LogP contribution in [0.2, 0.25) is 0 Å². The molecule has 0 radical (unpaired) electrons. The van der Waals surface area contributed by atoms with Crippen molar-refractivity contribution in [3.8, 4) is 5.75 Å². The molecule has 0 N–H and O–H groups in total. The van der Waals surface area contributed by atoms with Gasteiger partial charge in [0.25, 0.3) is 5.91 Å². The molecule has 5 nitrogen and oxygen atoms in total. The highest BCUT2D eigenvalue weighted by Crippen LogP contribution is 2.43. The van der Waals surface area contributed by atoms with Gasteiger partial charge in [0.15, 0.2) is 0 Å². The summed E-state index contributed by atoms with van der Waals surface area (Å²) in [4.78, 5) is 18.0. The first kappa shape index (κ1) is 20.2. The van der Waals surface area contributed by atoms with Crippen LogP contribution in [0, 0.1) is 0 Å². The third kappa shape index (κ3) is 4.46. The van der Waals surface area contributed by atoms with E-state index in [4.69, 9.17) is 9.47 Å². The Morgan fingerprint density at radius 1 is 1.19 bits per heavy atom. The summed E-state index contributed by atoms with van der Waals surface area (Å²) < 4.78 is 10.6. The molecular weight excluding hydrogens is 340 g/mol. The number of hydrogen-bond acceptors (Lipinski definition) is 4. The Labute approximate surface area is 163 Å². The molecule has 1 atom stereocenters. The average Bonchev–Trinajstić information content (AvgIpc) is 3.06. The van der Waals surface area contributed by atoms with Gasteiger partial charge in [-0.3, -0.25) is 4.79 Å². The van der Waals surface area contributed by atoms with E-state index in [1.807, 2.05) is 24.3 Å². The first-order chi connectivity index (χ1) is 13.1. The quantitative estimate of drug-likeness (QED) is 0.684. The van der Waals surface area contributed by atoms with Gasteiger partial charge in [-0.15, -0.1) is 0 Å². The predicted octanol–water partition coefficient (Wildman–Crippen LogP) is 3.58. The van der Waals surface area contributed by atoms with Crippen LogP contribution in [-0.4, -0.2) is 67.7 Å². The zero-order valence-corrected chi connectivity index (χ0v) is 17.1. The smallest absolute Gasteiger partial charge is 0.254 e. The maximum atomic E-state index is 13.4. The van der Waals surface area contributed by atoms with Gasteiger partial charge < -0.3 is 19.3 Å². The molecule has 2 aliphatic rings. The first-order valence-corrected chi connectivity index (χ1v) is 10.3. The van der Waals surface area contributed by atoms with Crippen molar-refractivity contribution in [2.75, 3.05) is 40.5 Å². The Kier molecular flexibility index (Phi) is 6.77. The Balaban J connectivity index is 1.74. The molecule has 1 aliphatic heterocycles. The molecule has 0 unspecified atom stereocenters. The fourth-order valence-electron chi connectivity index (χ4n) is 4.65. The second-order valence-electron chi connectivity index (χ2n) is 8.00. The molecule has 1 spiro atoms. The normalized spacial score (nSPS) is 21.8. The molecule has 0 bridgehead atoms. The van der Waals surface area contributed by atoms with Crippen molar-refractivity contribution in [2.45, 2.75) is 57.0 Å². The predicted molar refractivity (Wildman–Crippen MR) is 107 cm³/mol. The van der Waals surface area contributed by atoms with Crippen LogP contribution >= 0.6 is 0 Å². The minimum atomic E-state index is 0.0526. The molecule has 1 heterocycles. The summed E-state index contributed by atoms with van der Waals surface area (Å²) in [5, 5.41) is 0. The molecule has 27 heavy (non-hydrogen) atoms. The number of likely N-dealkylation sites (N-methyl/N-ethyl adjacent to an activating group) is 1. The molecule has 1 aromatic carbocycles. The lowest BCUT2D eigenvalue weighted by Crippen LogP contribution is -2.48. The van der Waals surface area contributed by atoms with Crippen molar-refractivity contribution in [3.05, 3.63) is 29.8 Å². The number of carbonyl (C=O) groups excluding carboxylic acids is 1. The number of nitrogens with zero attached hydrogens (tertiary/aromatic N) is 2. The van der Waals surface area contributed by atoms with E-state index in [0.717, 1.165) is 43.7 Å². The SMILES string of the molecule is CCN(C)[C@H]1CN(C(=O)c2ccc(OCCOC)cc2)C2(CCCCC2)C1. The van der Waals surface area contributed by atoms with E-state index < -0.39 is 0 Å². The molecule has 5 heteroatoms. The summed E-state index contributed by atoms with van der Waals surface area (Å²) in [5.41, 5.74) is 0.815. The van der Waals surface area contributed by atoms with Crippen molar-refractivity contribution in [3.63, 3.8) is 0 Å². The zero-order valence-electron chi connectivity index (χ0n) is 17.1. The largest absolute Gasteiger partial charge is 0.491 e. The lowest BCUT2D eigenvalue weighted by molar-refractivity contribution is 0.0499. The maximum Gasteiger partial charge on any atom is 0.254 e. The summed E-state index contributed by atoms with van der Waals surface area (Å²) >= 11 is 0. The van der Waals surface area contributed by atoms with Gasteiger partial charge in [-0.05, 0) is 57.1 Å². The number of hydrogen-bond donors (Lipinski definition) is 0. The molecule has 2 fully saturated rings. The zero-order chi connectivity index (χ0) is 19.3. The van der Waals surface area contributed by atoms with Crippen LogP contribution in [-0.2, 0) is 4.74 Å². The van der Waals surface area contributed by atoms with Crippen LogP contribution in [0.5, 0.6) is 5.75 Å². The van der Waals surface area contributed by atoms with Crippen molar-refractivity contribution >= 4 is 5.91 Å². The van der Waals surface area contributed by atoms with Crippen molar-refractivity contribution in [2.24, 2.45) is 0 Å². The number of likely N-dealkylation sites (tertiary alicyclic amines) is 1. The van der Waals surface area contributed by atoms with Crippen LogP contribution in [0.25, 0.3) is 0 Å². The van der Waals surface area contributed by atoms with Gasteiger partial charge in [-0.2, -0.15) is 0 Å². The molecule has 1 saturated carbocycles. The molecule has 3 rings (SSSR count). The summed E-state index contributed by atoms with van der Waals surface area (Å²) in [6.07, 6.45) is 7.17. The van der Waals surface area contributed by atoms with E-state index in [0.29, 0.717) is 19.3 Å². The van der Waals surface area contributed by atoms with Gasteiger partial charge >= 0.3 is 0 Å². The molecule has 150 valence electrons. The second kappa shape index (κ2) is 9.07. The maximum absolute atomic E-state index is 13.4. The third-order valence-corrected chi connectivity index (χ3v) is 6.39. The number of methoxy groups -OCH3 is 1. The van der Waals surface area contributed by atoms with E-state index in [-0.39, 0.29) is 11.4 Å². The Morgan fingerprint density at radius 3 is 2.52 bits per heavy atom. The second-order valence-corrected chi connectivity index (χ2v) is 8.00. The topological polar surface area (TPSA) is 42.0 Å². The van der Waals surface area contributed by atoms with Crippen LogP contribution in [0.3, 0.4) is 0 Å².